The smallest absolute Gasteiger partial charge is 0.354 e. The van der Waals surface area contributed by atoms with E-state index in [9.17, 15) is 18.8 Å². The van der Waals surface area contributed by atoms with Crippen LogP contribution in [0, 0.1) is 28.9 Å². The summed E-state index contributed by atoms with van der Waals surface area (Å²) in [5.74, 6) is -6.86. The molecule has 0 aliphatic rings. The number of carboxylic acid groups (broad SMARTS) is 1. The van der Waals surface area contributed by atoms with Crippen molar-refractivity contribution in [1.82, 2.24) is 14.5 Å². The van der Waals surface area contributed by atoms with Crippen molar-refractivity contribution in [3.8, 4) is 23.4 Å². The molecule has 0 saturated carbocycles. The van der Waals surface area contributed by atoms with Crippen LogP contribution in [0.2, 0.25) is 0 Å². The van der Waals surface area contributed by atoms with Crippen LogP contribution in [-0.4, -0.2) is 25.6 Å². The number of hydrogen-bond donors (Lipinski definition) is 1. The van der Waals surface area contributed by atoms with Gasteiger partial charge in [-0.05, 0) is 29.5 Å². The highest BCUT2D eigenvalue weighted by atomic mass is 32.2. The normalized spacial score (nSPS) is 10.6. The molecular formula is C24H15F3N4O4S. The predicted molar refractivity (Wildman–Crippen MR) is 120 cm³/mol. The number of hydrogen-bond acceptors (Lipinski definition) is 7. The van der Waals surface area contributed by atoms with Gasteiger partial charge in [-0.15, -0.1) is 0 Å². The molecule has 0 aliphatic carbocycles. The summed E-state index contributed by atoms with van der Waals surface area (Å²) in [6.45, 7) is 0.114. The highest BCUT2D eigenvalue weighted by molar-refractivity contribution is 7.99. The first kappa shape index (κ1) is 24.6. The largest absolute Gasteiger partial charge is 0.485 e. The number of imidazole rings is 1. The van der Waals surface area contributed by atoms with Crippen LogP contribution in [0.3, 0.4) is 0 Å². The van der Waals surface area contributed by atoms with Gasteiger partial charge in [-0.3, -0.25) is 0 Å². The molecule has 0 spiro atoms. The molecule has 12 heteroatoms. The SMILES string of the molecule is Cn1c(C(=O)O)cnc1Sc1c(F)c(F)nc(Oc2cc(C#N)ccc2OCc2ccccc2)c1F. The van der Waals surface area contributed by atoms with E-state index in [4.69, 9.17) is 14.6 Å². The molecule has 0 bridgehead atoms. The Kier molecular flexibility index (Phi) is 7.12. The molecule has 0 atom stereocenters. The van der Waals surface area contributed by atoms with Crippen LogP contribution in [-0.2, 0) is 13.7 Å². The monoisotopic (exact) mass is 512 g/mol. The fourth-order valence-electron chi connectivity index (χ4n) is 3.03. The molecule has 2 heterocycles. The van der Waals surface area contributed by atoms with E-state index in [1.165, 1.54) is 25.2 Å². The number of halogens is 3. The number of rotatable bonds is 8. The number of benzene rings is 2. The summed E-state index contributed by atoms with van der Waals surface area (Å²) in [5, 5.41) is 18.3. The Balaban J connectivity index is 1.68. The standard InChI is InChI=1S/C24H15F3N4O4S/c1-31-15(23(32)33)11-29-24(31)36-20-18(25)21(27)30-22(19(20)26)35-17-9-14(10-28)7-8-16(17)34-12-13-5-3-2-4-6-13/h2-9,11H,12H2,1H3,(H,32,33). The number of aromatic carboxylic acids is 1. The van der Waals surface area contributed by atoms with Gasteiger partial charge in [0.15, 0.2) is 22.5 Å². The second kappa shape index (κ2) is 10.4. The highest BCUT2D eigenvalue weighted by Gasteiger charge is 2.26. The number of pyridine rings is 1. The van der Waals surface area contributed by atoms with Crippen LogP contribution >= 0.6 is 11.8 Å². The van der Waals surface area contributed by atoms with Crippen LogP contribution in [0.4, 0.5) is 13.2 Å². The van der Waals surface area contributed by atoms with Crippen LogP contribution in [0.15, 0.2) is 64.8 Å². The Hall–Kier alpha value is -4.50. The topological polar surface area (TPSA) is 110 Å². The van der Waals surface area contributed by atoms with E-state index in [1.807, 2.05) is 36.4 Å². The quantitative estimate of drug-likeness (QED) is 0.316. The number of nitriles is 1. The molecule has 0 radical (unpaired) electrons. The van der Waals surface area contributed by atoms with Gasteiger partial charge in [0.1, 0.15) is 12.3 Å². The lowest BCUT2D eigenvalue weighted by Crippen LogP contribution is -2.06. The maximum Gasteiger partial charge on any atom is 0.354 e. The Bertz CT molecular complexity index is 1490. The second-order valence-electron chi connectivity index (χ2n) is 7.21. The van der Waals surface area contributed by atoms with E-state index in [0.29, 0.717) is 11.8 Å². The van der Waals surface area contributed by atoms with Crippen molar-refractivity contribution in [3.05, 3.63) is 89.1 Å². The number of carbonyl (C=O) groups is 1. The van der Waals surface area contributed by atoms with Gasteiger partial charge in [0.2, 0.25) is 5.82 Å². The molecule has 0 aliphatic heterocycles. The van der Waals surface area contributed by atoms with Crippen molar-refractivity contribution in [2.45, 2.75) is 16.7 Å². The van der Waals surface area contributed by atoms with Gasteiger partial charge in [-0.25, -0.2) is 14.2 Å². The average molecular weight is 512 g/mol. The summed E-state index contributed by atoms with van der Waals surface area (Å²) in [4.78, 5) is 17.4. The zero-order valence-electron chi connectivity index (χ0n) is 18.4. The summed E-state index contributed by atoms with van der Waals surface area (Å²) in [6.07, 6.45) is 0.999. The Morgan fingerprint density at radius 1 is 1.14 bits per heavy atom. The van der Waals surface area contributed by atoms with Crippen molar-refractivity contribution in [3.63, 3.8) is 0 Å². The molecule has 1 N–H and O–H groups in total. The van der Waals surface area contributed by atoms with Crippen LogP contribution < -0.4 is 9.47 Å². The molecular weight excluding hydrogens is 497 g/mol. The van der Waals surface area contributed by atoms with Gasteiger partial charge in [0, 0.05) is 13.1 Å². The van der Waals surface area contributed by atoms with E-state index in [-0.39, 0.29) is 34.5 Å². The zero-order chi connectivity index (χ0) is 25.8. The molecule has 2 aromatic carbocycles. The number of nitrogens with zero attached hydrogens (tertiary/aromatic N) is 4. The lowest BCUT2D eigenvalue weighted by molar-refractivity contribution is 0.0685. The van der Waals surface area contributed by atoms with Crippen LogP contribution in [0.5, 0.6) is 17.4 Å². The van der Waals surface area contributed by atoms with Crippen molar-refractivity contribution in [1.29, 1.82) is 5.26 Å². The number of aromatic nitrogens is 3. The molecule has 4 rings (SSSR count). The summed E-state index contributed by atoms with van der Waals surface area (Å²) >= 11 is 0.359. The van der Waals surface area contributed by atoms with Gasteiger partial charge in [-0.2, -0.15) is 19.0 Å². The minimum absolute atomic E-state index is 0.105. The van der Waals surface area contributed by atoms with E-state index < -0.39 is 34.3 Å². The van der Waals surface area contributed by atoms with Gasteiger partial charge in [0.25, 0.3) is 11.8 Å². The second-order valence-corrected chi connectivity index (χ2v) is 8.18. The third-order valence-corrected chi connectivity index (χ3v) is 5.97. The summed E-state index contributed by atoms with van der Waals surface area (Å²) in [7, 11) is 1.33. The molecule has 36 heavy (non-hydrogen) atoms. The Morgan fingerprint density at radius 3 is 2.56 bits per heavy atom. The maximum atomic E-state index is 15.3. The predicted octanol–water partition coefficient (Wildman–Crippen LogP) is 5.32. The molecule has 0 fully saturated rings. The van der Waals surface area contributed by atoms with Crippen LogP contribution in [0.1, 0.15) is 21.6 Å². The highest BCUT2D eigenvalue weighted by Crippen LogP contribution is 2.39. The fraction of sp³-hybridized carbons (Fsp3) is 0.0833. The number of ether oxygens (including phenoxy) is 2. The fourth-order valence-corrected chi connectivity index (χ4v) is 3.90. The molecule has 182 valence electrons. The lowest BCUT2D eigenvalue weighted by Gasteiger charge is -2.14. The van der Waals surface area contributed by atoms with Crippen molar-refractivity contribution in [2.75, 3.05) is 0 Å². The average Bonchev–Trinajstić information content (AvgIpc) is 3.25. The van der Waals surface area contributed by atoms with Crippen LogP contribution in [0.25, 0.3) is 0 Å². The molecule has 0 amide bonds. The minimum Gasteiger partial charge on any atom is -0.485 e. The third kappa shape index (κ3) is 5.11. The van der Waals surface area contributed by atoms with Crippen molar-refractivity contribution >= 4 is 17.7 Å². The van der Waals surface area contributed by atoms with Crippen molar-refractivity contribution in [2.24, 2.45) is 7.05 Å². The van der Waals surface area contributed by atoms with E-state index in [1.54, 1.807) is 0 Å². The molecule has 4 aromatic rings. The first-order chi connectivity index (χ1) is 17.3. The van der Waals surface area contributed by atoms with Gasteiger partial charge < -0.3 is 19.1 Å². The summed E-state index contributed by atoms with van der Waals surface area (Å²) < 4.78 is 56.4. The van der Waals surface area contributed by atoms with E-state index >= 15 is 4.39 Å². The Labute approximate surface area is 206 Å². The van der Waals surface area contributed by atoms with E-state index in [2.05, 4.69) is 9.97 Å². The first-order valence-corrected chi connectivity index (χ1v) is 11.0. The number of carboxylic acids is 1. The van der Waals surface area contributed by atoms with Gasteiger partial charge >= 0.3 is 5.97 Å². The first-order valence-electron chi connectivity index (χ1n) is 10.1. The lowest BCUT2D eigenvalue weighted by atomic mass is 10.2. The summed E-state index contributed by atoms with van der Waals surface area (Å²) in [5.41, 5.74) is 0.723. The maximum absolute atomic E-state index is 15.3. The third-order valence-electron chi connectivity index (χ3n) is 4.84. The zero-order valence-corrected chi connectivity index (χ0v) is 19.2. The van der Waals surface area contributed by atoms with Crippen molar-refractivity contribution < 1.29 is 32.5 Å². The van der Waals surface area contributed by atoms with Gasteiger partial charge in [0.05, 0.1) is 22.7 Å². The van der Waals surface area contributed by atoms with Gasteiger partial charge in [-0.1, -0.05) is 30.3 Å². The molecule has 0 saturated heterocycles. The molecule has 2 aromatic heterocycles. The molecule has 8 nitrogen and oxygen atoms in total. The minimum atomic E-state index is -1.65. The summed E-state index contributed by atoms with van der Waals surface area (Å²) in [6, 6.07) is 15.1. The van der Waals surface area contributed by atoms with E-state index in [0.717, 1.165) is 16.3 Å². The Morgan fingerprint density at radius 2 is 1.89 bits per heavy atom. The molecule has 0 unspecified atom stereocenters.